The number of rotatable bonds is 7. The molecule has 0 bridgehead atoms. The van der Waals surface area contributed by atoms with Gasteiger partial charge in [0, 0.05) is 0 Å². The van der Waals surface area contributed by atoms with Gasteiger partial charge in [-0.05, 0) is 46.4 Å². The third-order valence-electron chi connectivity index (χ3n) is 6.87. The van der Waals surface area contributed by atoms with Crippen LogP contribution in [0.1, 0.15) is 41.4 Å². The molecule has 1 aliphatic carbocycles. The van der Waals surface area contributed by atoms with Gasteiger partial charge in [-0.3, -0.25) is 9.59 Å². The second kappa shape index (κ2) is 11.0. The molecule has 1 aliphatic rings. The van der Waals surface area contributed by atoms with E-state index in [2.05, 4.69) is 30.3 Å². The van der Waals surface area contributed by atoms with E-state index in [0.717, 1.165) is 28.7 Å². The summed E-state index contributed by atoms with van der Waals surface area (Å²) >= 11 is 0. The Bertz CT molecular complexity index is 1120. The molecule has 0 fully saturated rings. The molecule has 0 aliphatic heterocycles. The molecular formula is C30H30O4. The molecule has 3 aromatic rings. The van der Waals surface area contributed by atoms with Gasteiger partial charge in [-0.15, -0.1) is 0 Å². The molecular weight excluding hydrogens is 424 g/mol. The normalized spacial score (nSPS) is 20.6. The van der Waals surface area contributed by atoms with Gasteiger partial charge in [-0.1, -0.05) is 97.1 Å². The second-order valence-electron chi connectivity index (χ2n) is 8.65. The van der Waals surface area contributed by atoms with E-state index in [0.29, 0.717) is 0 Å². The Morgan fingerprint density at radius 3 is 2.00 bits per heavy atom. The molecule has 174 valence electrons. The smallest absolute Gasteiger partial charge is 0.313 e. The van der Waals surface area contributed by atoms with E-state index in [-0.39, 0.29) is 36.1 Å². The predicted octanol–water partition coefficient (Wildman–Crippen LogP) is 6.01. The Morgan fingerprint density at radius 2 is 1.41 bits per heavy atom. The maximum absolute atomic E-state index is 13.4. The lowest BCUT2D eigenvalue weighted by molar-refractivity contribution is -0.147. The molecule has 4 nitrogen and oxygen atoms in total. The highest BCUT2D eigenvalue weighted by Crippen LogP contribution is 2.52. The molecule has 0 amide bonds. The first-order chi connectivity index (χ1) is 16.6. The largest absolute Gasteiger partial charge is 0.469 e. The van der Waals surface area contributed by atoms with Gasteiger partial charge in [0.05, 0.1) is 26.6 Å². The topological polar surface area (TPSA) is 52.6 Å². The minimum Gasteiger partial charge on any atom is -0.469 e. The van der Waals surface area contributed by atoms with E-state index >= 15 is 0 Å². The van der Waals surface area contributed by atoms with Crippen molar-refractivity contribution in [3.63, 3.8) is 0 Å². The molecule has 4 rings (SSSR count). The molecule has 0 radical (unpaired) electrons. The number of carbonyl (C=O) groups is 2. The van der Waals surface area contributed by atoms with Crippen molar-refractivity contribution in [3.05, 3.63) is 114 Å². The lowest BCUT2D eigenvalue weighted by Crippen LogP contribution is -2.37. The molecule has 3 aromatic carbocycles. The zero-order chi connectivity index (χ0) is 23.9. The summed E-state index contributed by atoms with van der Waals surface area (Å²) in [5.74, 6) is -1.50. The molecule has 34 heavy (non-hydrogen) atoms. The lowest BCUT2D eigenvalue weighted by Gasteiger charge is -2.42. The Morgan fingerprint density at radius 1 is 0.824 bits per heavy atom. The minimum atomic E-state index is -0.529. The maximum atomic E-state index is 13.4. The van der Waals surface area contributed by atoms with Crippen LogP contribution in [0.5, 0.6) is 0 Å². The van der Waals surface area contributed by atoms with Gasteiger partial charge < -0.3 is 9.47 Å². The third kappa shape index (κ3) is 4.96. The van der Waals surface area contributed by atoms with Crippen molar-refractivity contribution in [1.29, 1.82) is 0 Å². The molecule has 0 saturated heterocycles. The van der Waals surface area contributed by atoms with Crippen molar-refractivity contribution < 1.29 is 19.1 Å². The summed E-state index contributed by atoms with van der Waals surface area (Å²) in [5.41, 5.74) is 4.18. The number of benzene rings is 3. The van der Waals surface area contributed by atoms with Gasteiger partial charge in [0.25, 0.3) is 0 Å². The first-order valence-electron chi connectivity index (χ1n) is 11.6. The van der Waals surface area contributed by atoms with Gasteiger partial charge in [0.1, 0.15) is 0 Å². The summed E-state index contributed by atoms with van der Waals surface area (Å²) in [6, 6.07) is 30.1. The highest BCUT2D eigenvalue weighted by atomic mass is 16.5. The number of methoxy groups -OCH3 is 2. The van der Waals surface area contributed by atoms with Crippen LogP contribution in [0, 0.1) is 11.8 Å². The molecule has 0 heterocycles. The summed E-state index contributed by atoms with van der Waals surface area (Å²) in [7, 11) is 2.84. The van der Waals surface area contributed by atoms with E-state index in [4.69, 9.17) is 9.47 Å². The second-order valence-corrected chi connectivity index (χ2v) is 8.65. The fourth-order valence-corrected chi connectivity index (χ4v) is 5.35. The van der Waals surface area contributed by atoms with E-state index in [1.807, 2.05) is 66.7 Å². The number of esters is 2. The van der Waals surface area contributed by atoms with Crippen molar-refractivity contribution in [3.8, 4) is 0 Å². The van der Waals surface area contributed by atoms with Crippen molar-refractivity contribution in [1.82, 2.24) is 0 Å². The van der Waals surface area contributed by atoms with Gasteiger partial charge >= 0.3 is 11.9 Å². The summed E-state index contributed by atoms with van der Waals surface area (Å²) in [4.78, 5) is 26.1. The zero-order valence-electron chi connectivity index (χ0n) is 19.6. The van der Waals surface area contributed by atoms with Crippen LogP contribution in [0.15, 0.2) is 97.1 Å². The van der Waals surface area contributed by atoms with E-state index < -0.39 is 5.92 Å². The van der Waals surface area contributed by atoms with Gasteiger partial charge in [-0.2, -0.15) is 0 Å². The van der Waals surface area contributed by atoms with Crippen molar-refractivity contribution in [2.45, 2.75) is 24.7 Å². The molecule has 0 aromatic heterocycles. The Balaban J connectivity index is 1.92. The molecule has 4 heteroatoms. The molecule has 0 saturated carbocycles. The summed E-state index contributed by atoms with van der Waals surface area (Å²) < 4.78 is 10.5. The molecule has 0 unspecified atom stereocenters. The highest BCUT2D eigenvalue weighted by molar-refractivity contribution is 5.82. The molecule has 0 spiro atoms. The van der Waals surface area contributed by atoms with Gasteiger partial charge in [-0.25, -0.2) is 0 Å². The number of allylic oxidation sites excluding steroid dienone is 2. The Kier molecular flexibility index (Phi) is 7.58. The minimum absolute atomic E-state index is 0.0348. The van der Waals surface area contributed by atoms with Crippen LogP contribution in [0.2, 0.25) is 0 Å². The van der Waals surface area contributed by atoms with Crippen LogP contribution in [-0.4, -0.2) is 26.2 Å². The van der Waals surface area contributed by atoms with Crippen LogP contribution in [-0.2, 0) is 19.1 Å². The summed E-state index contributed by atoms with van der Waals surface area (Å²) in [5, 5.41) is 0. The average molecular weight is 455 g/mol. The Labute approximate surface area is 201 Å². The number of hydrogen-bond donors (Lipinski definition) is 0. The predicted molar refractivity (Wildman–Crippen MR) is 133 cm³/mol. The third-order valence-corrected chi connectivity index (χ3v) is 6.87. The SMILES string of the molecule is COC(=O)C[C@H]1C(c2ccccc2)=CC[C@@H](c2ccccc2)[C@@H]1[C@@H](C(=O)OC)c1ccccc1. The molecule has 4 atom stereocenters. The molecule has 0 N–H and O–H groups in total. The Hall–Kier alpha value is -3.66. The first-order valence-corrected chi connectivity index (χ1v) is 11.6. The maximum Gasteiger partial charge on any atom is 0.313 e. The number of carbonyl (C=O) groups excluding carboxylic acids is 2. The van der Waals surface area contributed by atoms with Crippen molar-refractivity contribution in [2.75, 3.05) is 14.2 Å². The lowest BCUT2D eigenvalue weighted by atomic mass is 9.61. The van der Waals surface area contributed by atoms with Crippen LogP contribution in [0.3, 0.4) is 0 Å². The summed E-state index contributed by atoms with van der Waals surface area (Å²) in [6.45, 7) is 0. The van der Waals surface area contributed by atoms with Crippen molar-refractivity contribution in [2.24, 2.45) is 11.8 Å². The highest BCUT2D eigenvalue weighted by Gasteiger charge is 2.45. The van der Waals surface area contributed by atoms with Crippen LogP contribution >= 0.6 is 0 Å². The van der Waals surface area contributed by atoms with E-state index in [1.165, 1.54) is 14.2 Å². The quantitative estimate of drug-likeness (QED) is 0.410. The zero-order valence-corrected chi connectivity index (χ0v) is 19.6. The first kappa shape index (κ1) is 23.5. The average Bonchev–Trinajstić information content (AvgIpc) is 2.90. The standard InChI is InChI=1S/C30H30O4/c1-33-27(31)20-26-24(21-12-6-3-7-13-21)18-19-25(22-14-8-4-9-15-22)29(26)28(30(32)34-2)23-16-10-5-11-17-23/h3-18,25-26,28-29H,19-20H2,1-2H3/t25-,26-,28-,29-/m0/s1. The fourth-order valence-electron chi connectivity index (χ4n) is 5.35. The fraction of sp³-hybridized carbons (Fsp3) is 0.267. The van der Waals surface area contributed by atoms with E-state index in [9.17, 15) is 9.59 Å². The van der Waals surface area contributed by atoms with Crippen LogP contribution in [0.4, 0.5) is 0 Å². The van der Waals surface area contributed by atoms with Crippen LogP contribution < -0.4 is 0 Å². The monoisotopic (exact) mass is 454 g/mol. The summed E-state index contributed by atoms with van der Waals surface area (Å²) in [6.07, 6.45) is 3.18. The number of ether oxygens (including phenoxy) is 2. The van der Waals surface area contributed by atoms with Crippen LogP contribution in [0.25, 0.3) is 5.57 Å². The van der Waals surface area contributed by atoms with Crippen molar-refractivity contribution >= 4 is 17.5 Å². The van der Waals surface area contributed by atoms with Gasteiger partial charge in [0.15, 0.2) is 0 Å². The van der Waals surface area contributed by atoms with Gasteiger partial charge in [0.2, 0.25) is 0 Å². The van der Waals surface area contributed by atoms with E-state index in [1.54, 1.807) is 0 Å². The number of hydrogen-bond acceptors (Lipinski definition) is 4.